The molecule has 0 aliphatic carbocycles. The van der Waals surface area contributed by atoms with Crippen LogP contribution in [0, 0.1) is 5.92 Å². The van der Waals surface area contributed by atoms with Crippen molar-refractivity contribution >= 4 is 34.9 Å². The Labute approximate surface area is 145 Å². The minimum absolute atomic E-state index is 0.0387. The summed E-state index contributed by atoms with van der Waals surface area (Å²) in [5.74, 6) is -0.339. The van der Waals surface area contributed by atoms with Gasteiger partial charge in [0.2, 0.25) is 0 Å². The third-order valence-corrected chi connectivity index (χ3v) is 5.14. The quantitative estimate of drug-likeness (QED) is 0.623. The molecule has 0 unspecified atom stereocenters. The molecular formula is C18H20N2O3S. The Bertz CT molecular complexity index is 677. The molecule has 1 aromatic carbocycles. The van der Waals surface area contributed by atoms with E-state index in [2.05, 4.69) is 9.89 Å². The van der Waals surface area contributed by atoms with Crippen LogP contribution in [-0.4, -0.2) is 41.6 Å². The molecule has 2 aliphatic heterocycles. The number of carbonyl (C=O) groups excluding carboxylic acids is 2. The Morgan fingerprint density at radius 1 is 1.33 bits per heavy atom. The number of amides is 1. The maximum atomic E-state index is 12.1. The van der Waals surface area contributed by atoms with Gasteiger partial charge in [-0.05, 0) is 43.2 Å². The van der Waals surface area contributed by atoms with Crippen molar-refractivity contribution in [1.29, 1.82) is 0 Å². The Kier molecular flexibility index (Phi) is 5.35. The third-order valence-electron chi connectivity index (χ3n) is 4.09. The molecule has 24 heavy (non-hydrogen) atoms. The summed E-state index contributed by atoms with van der Waals surface area (Å²) in [4.78, 5) is 30.8. The van der Waals surface area contributed by atoms with E-state index in [-0.39, 0.29) is 17.8 Å². The van der Waals surface area contributed by atoms with E-state index in [1.54, 1.807) is 0 Å². The number of piperidine rings is 1. The van der Waals surface area contributed by atoms with E-state index >= 15 is 0 Å². The molecule has 0 N–H and O–H groups in total. The normalized spacial score (nSPS) is 20.4. The lowest BCUT2D eigenvalue weighted by Gasteiger charge is -2.31. The van der Waals surface area contributed by atoms with Gasteiger partial charge in [0, 0.05) is 13.1 Å². The summed E-state index contributed by atoms with van der Waals surface area (Å²) < 4.78 is 5.09. The Balaban J connectivity index is 1.60. The zero-order chi connectivity index (χ0) is 16.9. The van der Waals surface area contributed by atoms with E-state index < -0.39 is 0 Å². The molecule has 0 bridgehead atoms. The average Bonchev–Trinajstić information content (AvgIpc) is 2.97. The van der Waals surface area contributed by atoms with Crippen LogP contribution in [0.1, 0.15) is 25.3 Å². The minimum Gasteiger partial charge on any atom is -0.466 e. The van der Waals surface area contributed by atoms with E-state index in [1.807, 2.05) is 43.3 Å². The number of amidine groups is 1. The number of hydrogen-bond acceptors (Lipinski definition) is 5. The van der Waals surface area contributed by atoms with Crippen molar-refractivity contribution in [3.05, 3.63) is 40.8 Å². The molecule has 0 saturated carbocycles. The second-order valence-electron chi connectivity index (χ2n) is 5.73. The standard InChI is InChI=1S/C18H20N2O3S/c1-2-23-17(22)14-8-10-20(11-9-14)18-19-16(21)15(24-18)12-13-6-4-3-5-7-13/h3-7,12,14H,2,8-11H2,1H3/b15-12-. The molecule has 0 spiro atoms. The van der Waals surface area contributed by atoms with Gasteiger partial charge in [-0.15, -0.1) is 0 Å². The van der Waals surface area contributed by atoms with Gasteiger partial charge in [0.05, 0.1) is 17.4 Å². The fraction of sp³-hybridized carbons (Fsp3) is 0.389. The van der Waals surface area contributed by atoms with Gasteiger partial charge in [-0.25, -0.2) is 0 Å². The number of likely N-dealkylation sites (tertiary alicyclic amines) is 1. The van der Waals surface area contributed by atoms with Crippen LogP contribution in [0.2, 0.25) is 0 Å². The molecule has 126 valence electrons. The summed E-state index contributed by atoms with van der Waals surface area (Å²) in [6.45, 7) is 3.69. The maximum Gasteiger partial charge on any atom is 0.309 e. The average molecular weight is 344 g/mol. The number of carbonyl (C=O) groups is 2. The summed E-state index contributed by atoms with van der Waals surface area (Å²) in [7, 11) is 0. The Morgan fingerprint density at radius 3 is 2.71 bits per heavy atom. The van der Waals surface area contributed by atoms with E-state index in [4.69, 9.17) is 4.74 Å². The Morgan fingerprint density at radius 2 is 2.04 bits per heavy atom. The smallest absolute Gasteiger partial charge is 0.309 e. The van der Waals surface area contributed by atoms with Crippen LogP contribution >= 0.6 is 11.8 Å². The molecule has 1 fully saturated rings. The van der Waals surface area contributed by atoms with E-state index in [1.165, 1.54) is 11.8 Å². The maximum absolute atomic E-state index is 12.1. The summed E-state index contributed by atoms with van der Waals surface area (Å²) in [5, 5.41) is 0.740. The van der Waals surface area contributed by atoms with Gasteiger partial charge in [-0.1, -0.05) is 30.3 Å². The molecule has 1 saturated heterocycles. The van der Waals surface area contributed by atoms with Gasteiger partial charge >= 0.3 is 5.97 Å². The van der Waals surface area contributed by atoms with Gasteiger partial charge in [0.1, 0.15) is 0 Å². The highest BCUT2D eigenvalue weighted by atomic mass is 32.2. The second-order valence-corrected chi connectivity index (χ2v) is 6.74. The third kappa shape index (κ3) is 3.87. The predicted octanol–water partition coefficient (Wildman–Crippen LogP) is 2.93. The Hall–Kier alpha value is -2.08. The number of hydrogen-bond donors (Lipinski definition) is 0. The molecule has 0 atom stereocenters. The molecule has 6 heteroatoms. The predicted molar refractivity (Wildman–Crippen MR) is 95.4 cm³/mol. The van der Waals surface area contributed by atoms with E-state index in [0.29, 0.717) is 11.5 Å². The first-order valence-corrected chi connectivity index (χ1v) is 8.98. The summed E-state index contributed by atoms with van der Waals surface area (Å²) in [5.41, 5.74) is 0.991. The van der Waals surface area contributed by atoms with Crippen molar-refractivity contribution in [3.63, 3.8) is 0 Å². The molecule has 0 radical (unpaired) electrons. The van der Waals surface area contributed by atoms with Gasteiger partial charge in [-0.2, -0.15) is 4.99 Å². The van der Waals surface area contributed by atoms with E-state index in [9.17, 15) is 9.59 Å². The number of esters is 1. The number of nitrogens with zero attached hydrogens (tertiary/aromatic N) is 2. The largest absolute Gasteiger partial charge is 0.466 e. The van der Waals surface area contributed by atoms with Crippen molar-refractivity contribution in [1.82, 2.24) is 4.90 Å². The van der Waals surface area contributed by atoms with Gasteiger partial charge in [-0.3, -0.25) is 9.59 Å². The van der Waals surface area contributed by atoms with Gasteiger partial charge in [0.25, 0.3) is 5.91 Å². The number of benzene rings is 1. The van der Waals surface area contributed by atoms with Crippen LogP contribution in [0.25, 0.3) is 6.08 Å². The SMILES string of the molecule is CCOC(=O)C1CCN(C2=NC(=O)/C(=C/c3ccccc3)S2)CC1. The van der Waals surface area contributed by atoms with Gasteiger partial charge < -0.3 is 9.64 Å². The van der Waals surface area contributed by atoms with Crippen molar-refractivity contribution in [2.24, 2.45) is 10.9 Å². The van der Waals surface area contributed by atoms with Crippen molar-refractivity contribution in [2.45, 2.75) is 19.8 Å². The van der Waals surface area contributed by atoms with Crippen LogP contribution < -0.4 is 0 Å². The fourth-order valence-corrected chi connectivity index (χ4v) is 3.77. The van der Waals surface area contributed by atoms with Crippen molar-refractivity contribution in [2.75, 3.05) is 19.7 Å². The highest BCUT2D eigenvalue weighted by molar-refractivity contribution is 8.18. The van der Waals surface area contributed by atoms with Crippen molar-refractivity contribution < 1.29 is 14.3 Å². The van der Waals surface area contributed by atoms with Crippen LogP contribution in [-0.2, 0) is 14.3 Å². The van der Waals surface area contributed by atoms with Crippen LogP contribution in [0.5, 0.6) is 0 Å². The summed E-state index contributed by atoms with van der Waals surface area (Å²) >= 11 is 1.41. The second kappa shape index (κ2) is 7.66. The molecule has 3 rings (SSSR count). The lowest BCUT2D eigenvalue weighted by atomic mass is 9.97. The number of thioether (sulfide) groups is 1. The first-order chi connectivity index (χ1) is 11.7. The zero-order valence-corrected chi connectivity index (χ0v) is 14.4. The molecule has 0 aromatic heterocycles. The molecular weight excluding hydrogens is 324 g/mol. The summed E-state index contributed by atoms with van der Waals surface area (Å²) in [6, 6.07) is 9.76. The van der Waals surface area contributed by atoms with Crippen LogP contribution in [0.15, 0.2) is 40.2 Å². The molecule has 1 amide bonds. The fourth-order valence-electron chi connectivity index (χ4n) is 2.80. The highest BCUT2D eigenvalue weighted by Crippen LogP contribution is 2.32. The molecule has 5 nitrogen and oxygen atoms in total. The summed E-state index contributed by atoms with van der Waals surface area (Å²) in [6.07, 6.45) is 3.35. The van der Waals surface area contributed by atoms with Crippen LogP contribution in [0.3, 0.4) is 0 Å². The number of rotatable bonds is 3. The zero-order valence-electron chi connectivity index (χ0n) is 13.6. The first-order valence-electron chi connectivity index (χ1n) is 8.16. The molecule has 1 aromatic rings. The highest BCUT2D eigenvalue weighted by Gasteiger charge is 2.31. The van der Waals surface area contributed by atoms with E-state index in [0.717, 1.165) is 36.7 Å². The lowest BCUT2D eigenvalue weighted by molar-refractivity contribution is -0.149. The number of aliphatic imine (C=N–C) groups is 1. The van der Waals surface area contributed by atoms with Gasteiger partial charge in [0.15, 0.2) is 5.17 Å². The topological polar surface area (TPSA) is 59.0 Å². The number of ether oxygens (including phenoxy) is 1. The first kappa shape index (κ1) is 16.8. The molecule has 2 heterocycles. The monoisotopic (exact) mass is 344 g/mol. The van der Waals surface area contributed by atoms with Crippen LogP contribution in [0.4, 0.5) is 0 Å². The minimum atomic E-state index is -0.189. The lowest BCUT2D eigenvalue weighted by Crippen LogP contribution is -2.39. The van der Waals surface area contributed by atoms with Crippen molar-refractivity contribution in [3.8, 4) is 0 Å². The molecule has 2 aliphatic rings.